The molecule has 0 saturated carbocycles. The molecule has 0 aliphatic carbocycles. The minimum atomic E-state index is -0.0608. The highest BCUT2D eigenvalue weighted by Crippen LogP contribution is 2.22. The molecule has 5 nitrogen and oxygen atoms in total. The van der Waals surface area contributed by atoms with E-state index in [1.54, 1.807) is 13.2 Å². The van der Waals surface area contributed by atoms with Crippen molar-refractivity contribution in [2.45, 2.75) is 25.7 Å². The van der Waals surface area contributed by atoms with Gasteiger partial charge in [0.15, 0.2) is 0 Å². The number of amides is 2. The van der Waals surface area contributed by atoms with E-state index in [2.05, 4.69) is 5.32 Å². The third-order valence-electron chi connectivity index (χ3n) is 5.03. The van der Waals surface area contributed by atoms with Crippen LogP contribution in [0.1, 0.15) is 24.8 Å². The molecule has 1 saturated heterocycles. The maximum absolute atomic E-state index is 12.5. The zero-order chi connectivity index (χ0) is 19.1. The second-order valence-electron chi connectivity index (χ2n) is 6.86. The Bertz CT molecular complexity index is 768. The molecule has 1 aliphatic rings. The quantitative estimate of drug-likeness (QED) is 0.851. The number of anilines is 1. The van der Waals surface area contributed by atoms with Crippen LogP contribution in [0.25, 0.3) is 0 Å². The summed E-state index contributed by atoms with van der Waals surface area (Å²) in [6.07, 6.45) is 2.68. The van der Waals surface area contributed by atoms with Gasteiger partial charge >= 0.3 is 0 Å². The largest absolute Gasteiger partial charge is 0.497 e. The van der Waals surface area contributed by atoms with Crippen LogP contribution >= 0.6 is 0 Å². The third-order valence-corrected chi connectivity index (χ3v) is 5.03. The maximum Gasteiger partial charge on any atom is 0.227 e. The monoisotopic (exact) mass is 366 g/mol. The van der Waals surface area contributed by atoms with E-state index in [9.17, 15) is 9.59 Å². The van der Waals surface area contributed by atoms with Crippen molar-refractivity contribution in [1.29, 1.82) is 0 Å². The second-order valence-corrected chi connectivity index (χ2v) is 6.86. The van der Waals surface area contributed by atoms with E-state index >= 15 is 0 Å². The van der Waals surface area contributed by atoms with E-state index in [1.807, 2.05) is 53.4 Å². The standard InChI is InChI=1S/C22H26N2O3/c1-27-20-9-5-8-19(16-20)23-22(26)18-12-14-24(15-13-18)21(25)11-10-17-6-3-2-4-7-17/h2-9,16,18H,10-15H2,1H3,(H,23,26). The van der Waals surface area contributed by atoms with Gasteiger partial charge in [-0.05, 0) is 37.0 Å². The number of ether oxygens (including phenoxy) is 1. The summed E-state index contributed by atoms with van der Waals surface area (Å²) in [7, 11) is 1.60. The van der Waals surface area contributed by atoms with Crippen molar-refractivity contribution in [3.8, 4) is 5.75 Å². The smallest absolute Gasteiger partial charge is 0.227 e. The fourth-order valence-corrected chi connectivity index (χ4v) is 3.39. The molecule has 5 heteroatoms. The molecule has 1 aliphatic heterocycles. The van der Waals surface area contributed by atoms with Gasteiger partial charge in [0.1, 0.15) is 5.75 Å². The van der Waals surface area contributed by atoms with Crippen molar-refractivity contribution in [3.63, 3.8) is 0 Å². The first-order valence-electron chi connectivity index (χ1n) is 9.42. The van der Waals surface area contributed by atoms with Crippen LogP contribution in [-0.2, 0) is 16.0 Å². The fourth-order valence-electron chi connectivity index (χ4n) is 3.39. The Morgan fingerprint density at radius 2 is 1.81 bits per heavy atom. The molecule has 1 N–H and O–H groups in total. The molecule has 142 valence electrons. The summed E-state index contributed by atoms with van der Waals surface area (Å²) in [5.41, 5.74) is 1.92. The number of nitrogens with one attached hydrogen (secondary N) is 1. The second kappa shape index (κ2) is 9.21. The summed E-state index contributed by atoms with van der Waals surface area (Å²) < 4.78 is 5.18. The summed E-state index contributed by atoms with van der Waals surface area (Å²) in [4.78, 5) is 26.8. The molecule has 27 heavy (non-hydrogen) atoms. The van der Waals surface area contributed by atoms with Crippen molar-refractivity contribution in [3.05, 3.63) is 60.2 Å². The van der Waals surface area contributed by atoms with Gasteiger partial charge in [0.05, 0.1) is 7.11 Å². The predicted octanol–water partition coefficient (Wildman–Crippen LogP) is 3.51. The maximum atomic E-state index is 12.5. The lowest BCUT2D eigenvalue weighted by atomic mass is 9.95. The number of rotatable bonds is 6. The van der Waals surface area contributed by atoms with Gasteiger partial charge in [0.2, 0.25) is 11.8 Å². The average molecular weight is 366 g/mol. The highest BCUT2D eigenvalue weighted by atomic mass is 16.5. The van der Waals surface area contributed by atoms with E-state index in [-0.39, 0.29) is 17.7 Å². The zero-order valence-electron chi connectivity index (χ0n) is 15.7. The summed E-state index contributed by atoms with van der Waals surface area (Å²) in [5.74, 6) is 0.839. The molecule has 2 aromatic rings. The topological polar surface area (TPSA) is 58.6 Å². The van der Waals surface area contributed by atoms with Crippen LogP contribution in [0.4, 0.5) is 5.69 Å². The number of carbonyl (C=O) groups excluding carboxylic acids is 2. The van der Waals surface area contributed by atoms with Crippen LogP contribution in [0, 0.1) is 5.92 Å². The summed E-state index contributed by atoms with van der Waals surface area (Å²) >= 11 is 0. The van der Waals surface area contributed by atoms with Crippen LogP contribution in [0.5, 0.6) is 5.75 Å². The van der Waals surface area contributed by atoms with Crippen molar-refractivity contribution in [2.24, 2.45) is 5.92 Å². The molecule has 0 unspecified atom stereocenters. The number of hydrogen-bond acceptors (Lipinski definition) is 3. The molecule has 1 fully saturated rings. The van der Waals surface area contributed by atoms with Gasteiger partial charge in [-0.2, -0.15) is 0 Å². The van der Waals surface area contributed by atoms with E-state index in [0.29, 0.717) is 38.1 Å². The normalized spacial score (nSPS) is 14.6. The van der Waals surface area contributed by atoms with Gasteiger partial charge in [-0.15, -0.1) is 0 Å². The van der Waals surface area contributed by atoms with Gasteiger partial charge in [0, 0.05) is 37.2 Å². The van der Waals surface area contributed by atoms with Crippen molar-refractivity contribution >= 4 is 17.5 Å². The SMILES string of the molecule is COc1cccc(NC(=O)C2CCN(C(=O)CCc3ccccc3)CC2)c1. The molecule has 3 rings (SSSR count). The molecule has 0 radical (unpaired) electrons. The van der Waals surface area contributed by atoms with E-state index in [0.717, 1.165) is 12.1 Å². The molecule has 2 aromatic carbocycles. The molecule has 0 aromatic heterocycles. The minimum Gasteiger partial charge on any atom is -0.497 e. The van der Waals surface area contributed by atoms with Crippen LogP contribution in [-0.4, -0.2) is 36.9 Å². The van der Waals surface area contributed by atoms with Gasteiger partial charge in [-0.3, -0.25) is 9.59 Å². The lowest BCUT2D eigenvalue weighted by Gasteiger charge is -2.31. The summed E-state index contributed by atoms with van der Waals surface area (Å²) in [6, 6.07) is 17.4. The van der Waals surface area contributed by atoms with Crippen molar-refractivity contribution in [2.75, 3.05) is 25.5 Å². The van der Waals surface area contributed by atoms with Gasteiger partial charge < -0.3 is 15.0 Å². The first kappa shape index (κ1) is 19.0. The van der Waals surface area contributed by atoms with Gasteiger partial charge in [-0.25, -0.2) is 0 Å². The Hall–Kier alpha value is -2.82. The number of methoxy groups -OCH3 is 1. The van der Waals surface area contributed by atoms with Crippen molar-refractivity contribution in [1.82, 2.24) is 4.90 Å². The van der Waals surface area contributed by atoms with Gasteiger partial charge in [-0.1, -0.05) is 36.4 Å². The Morgan fingerprint density at radius 3 is 2.52 bits per heavy atom. The first-order chi connectivity index (χ1) is 13.2. The molecule has 0 spiro atoms. The van der Waals surface area contributed by atoms with Crippen LogP contribution in [0.3, 0.4) is 0 Å². The third kappa shape index (κ3) is 5.33. The first-order valence-corrected chi connectivity index (χ1v) is 9.42. The molecular formula is C22H26N2O3. The Labute approximate surface area is 160 Å². The van der Waals surface area contributed by atoms with Crippen LogP contribution in [0.15, 0.2) is 54.6 Å². The minimum absolute atomic E-state index is 0.0136. The van der Waals surface area contributed by atoms with Crippen LogP contribution < -0.4 is 10.1 Å². The van der Waals surface area contributed by atoms with E-state index in [4.69, 9.17) is 4.74 Å². The van der Waals surface area contributed by atoms with Gasteiger partial charge in [0.25, 0.3) is 0 Å². The Kier molecular flexibility index (Phi) is 6.47. The van der Waals surface area contributed by atoms with E-state index < -0.39 is 0 Å². The number of likely N-dealkylation sites (tertiary alicyclic amines) is 1. The zero-order valence-corrected chi connectivity index (χ0v) is 15.7. The molecule has 0 bridgehead atoms. The Morgan fingerprint density at radius 1 is 1.07 bits per heavy atom. The number of piperidine rings is 1. The molecule has 2 amide bonds. The number of benzene rings is 2. The van der Waals surface area contributed by atoms with E-state index in [1.165, 1.54) is 5.56 Å². The Balaban J connectivity index is 1.45. The molecular weight excluding hydrogens is 340 g/mol. The lowest BCUT2D eigenvalue weighted by molar-refractivity contribution is -0.134. The summed E-state index contributed by atoms with van der Waals surface area (Å²) in [6.45, 7) is 1.29. The van der Waals surface area contributed by atoms with Crippen molar-refractivity contribution < 1.29 is 14.3 Å². The summed E-state index contributed by atoms with van der Waals surface area (Å²) in [5, 5.41) is 2.95. The number of hydrogen-bond donors (Lipinski definition) is 1. The predicted molar refractivity (Wildman–Crippen MR) is 106 cm³/mol. The number of aryl methyl sites for hydroxylation is 1. The number of carbonyl (C=O) groups is 2. The fraction of sp³-hybridized carbons (Fsp3) is 0.364. The van der Waals surface area contributed by atoms with Crippen LogP contribution in [0.2, 0.25) is 0 Å². The lowest BCUT2D eigenvalue weighted by Crippen LogP contribution is -2.41. The molecule has 0 atom stereocenters. The molecule has 1 heterocycles. The highest BCUT2D eigenvalue weighted by Gasteiger charge is 2.27. The average Bonchev–Trinajstić information content (AvgIpc) is 2.73. The highest BCUT2D eigenvalue weighted by molar-refractivity contribution is 5.93. The number of nitrogens with zero attached hydrogens (tertiary/aromatic N) is 1.